The molecule has 3 nitrogen and oxygen atoms in total. The van der Waals surface area contributed by atoms with Crippen LogP contribution >= 0.6 is 0 Å². The summed E-state index contributed by atoms with van der Waals surface area (Å²) in [5.41, 5.74) is 0. The van der Waals surface area contributed by atoms with E-state index in [0.717, 1.165) is 25.0 Å². The highest BCUT2D eigenvalue weighted by atomic mass is 15.0. The number of nitrogens with one attached hydrogen (secondary N) is 1. The van der Waals surface area contributed by atoms with E-state index in [1.807, 2.05) is 18.7 Å². The van der Waals surface area contributed by atoms with Gasteiger partial charge in [0.25, 0.3) is 0 Å². The summed E-state index contributed by atoms with van der Waals surface area (Å²) in [4.78, 5) is 4.02. The minimum absolute atomic E-state index is 0.720. The van der Waals surface area contributed by atoms with Crippen LogP contribution in [0.1, 0.15) is 26.2 Å². The van der Waals surface area contributed by atoms with E-state index in [2.05, 4.69) is 21.8 Å². The van der Waals surface area contributed by atoms with Gasteiger partial charge in [0.1, 0.15) is 0 Å². The van der Waals surface area contributed by atoms with E-state index in [-0.39, 0.29) is 0 Å². The highest BCUT2D eigenvalue weighted by Crippen LogP contribution is 2.32. The van der Waals surface area contributed by atoms with E-state index >= 15 is 0 Å². The van der Waals surface area contributed by atoms with Crippen molar-refractivity contribution in [2.75, 3.05) is 6.54 Å². The monoisotopic (exact) mass is 193 g/mol. The van der Waals surface area contributed by atoms with Gasteiger partial charge in [-0.2, -0.15) is 0 Å². The average Bonchev–Trinajstić information content (AvgIpc) is 2.92. The lowest BCUT2D eigenvalue weighted by atomic mass is 10.2. The Morgan fingerprint density at radius 2 is 2.43 bits per heavy atom. The molecule has 1 aliphatic carbocycles. The molecule has 1 fully saturated rings. The second-order valence-corrected chi connectivity index (χ2v) is 4.23. The predicted molar refractivity (Wildman–Crippen MR) is 57.0 cm³/mol. The summed E-state index contributed by atoms with van der Waals surface area (Å²) in [7, 11) is 0. The number of rotatable bonds is 6. The second-order valence-electron chi connectivity index (χ2n) is 4.23. The van der Waals surface area contributed by atoms with E-state index in [1.54, 1.807) is 0 Å². The number of nitrogens with zero attached hydrogens (tertiary/aromatic N) is 2. The van der Waals surface area contributed by atoms with Crippen molar-refractivity contribution in [1.29, 1.82) is 0 Å². The van der Waals surface area contributed by atoms with Crippen LogP contribution in [0.2, 0.25) is 0 Å². The quantitative estimate of drug-likeness (QED) is 0.696. The highest BCUT2D eigenvalue weighted by molar-refractivity contribution is 4.83. The Bertz CT molecular complexity index is 252. The van der Waals surface area contributed by atoms with Gasteiger partial charge >= 0.3 is 0 Å². The van der Waals surface area contributed by atoms with Crippen LogP contribution in [0.15, 0.2) is 18.7 Å². The smallest absolute Gasteiger partial charge is 0.0945 e. The Morgan fingerprint density at radius 3 is 3.07 bits per heavy atom. The fraction of sp³-hybridized carbons (Fsp3) is 0.727. The summed E-state index contributed by atoms with van der Waals surface area (Å²) in [6, 6.07) is 0.720. The SMILES string of the molecule is C[C@H](NCCCn1ccnc1)C1CC1. The molecule has 1 aromatic rings. The van der Waals surface area contributed by atoms with Gasteiger partial charge in [-0.05, 0) is 38.6 Å². The fourth-order valence-electron chi connectivity index (χ4n) is 1.77. The molecule has 3 heteroatoms. The maximum Gasteiger partial charge on any atom is 0.0945 e. The van der Waals surface area contributed by atoms with Crippen molar-refractivity contribution < 1.29 is 0 Å². The zero-order valence-corrected chi connectivity index (χ0v) is 8.82. The Morgan fingerprint density at radius 1 is 1.57 bits per heavy atom. The summed E-state index contributed by atoms with van der Waals surface area (Å²) in [5.74, 6) is 0.961. The van der Waals surface area contributed by atoms with Gasteiger partial charge in [-0.1, -0.05) is 0 Å². The van der Waals surface area contributed by atoms with Crippen LogP contribution in [0.5, 0.6) is 0 Å². The van der Waals surface area contributed by atoms with Gasteiger partial charge in [0.05, 0.1) is 6.33 Å². The maximum absolute atomic E-state index is 4.02. The Labute approximate surface area is 85.5 Å². The molecular formula is C11H19N3. The van der Waals surface area contributed by atoms with Gasteiger partial charge in [-0.15, -0.1) is 0 Å². The highest BCUT2D eigenvalue weighted by Gasteiger charge is 2.26. The number of hydrogen-bond acceptors (Lipinski definition) is 2. The Hall–Kier alpha value is -0.830. The molecule has 1 saturated carbocycles. The molecule has 1 N–H and O–H groups in total. The molecule has 1 aliphatic rings. The van der Waals surface area contributed by atoms with E-state index in [4.69, 9.17) is 0 Å². The fourth-order valence-corrected chi connectivity index (χ4v) is 1.77. The molecule has 0 unspecified atom stereocenters. The average molecular weight is 193 g/mol. The van der Waals surface area contributed by atoms with Crippen LogP contribution in [0, 0.1) is 5.92 Å². The first-order chi connectivity index (χ1) is 6.86. The van der Waals surface area contributed by atoms with Crippen molar-refractivity contribution in [3.8, 4) is 0 Å². The molecule has 0 spiro atoms. The molecule has 1 aromatic heterocycles. The van der Waals surface area contributed by atoms with Crippen molar-refractivity contribution in [1.82, 2.24) is 14.9 Å². The summed E-state index contributed by atoms with van der Waals surface area (Å²) < 4.78 is 2.13. The first-order valence-corrected chi connectivity index (χ1v) is 5.55. The maximum atomic E-state index is 4.02. The van der Waals surface area contributed by atoms with Crippen LogP contribution in [0.25, 0.3) is 0 Å². The Kier molecular flexibility index (Phi) is 3.19. The van der Waals surface area contributed by atoms with Gasteiger partial charge in [0.2, 0.25) is 0 Å². The van der Waals surface area contributed by atoms with Crippen molar-refractivity contribution >= 4 is 0 Å². The third-order valence-corrected chi connectivity index (χ3v) is 2.95. The van der Waals surface area contributed by atoms with Crippen molar-refractivity contribution in [3.05, 3.63) is 18.7 Å². The molecular weight excluding hydrogens is 174 g/mol. The molecule has 2 rings (SSSR count). The predicted octanol–water partition coefficient (Wildman–Crippen LogP) is 1.66. The standard InChI is InChI=1S/C11H19N3/c1-10(11-3-4-11)13-5-2-7-14-8-6-12-9-14/h6,8-11,13H,2-5,7H2,1H3/t10-/m0/s1. The zero-order valence-electron chi connectivity index (χ0n) is 8.82. The number of imidazole rings is 1. The van der Waals surface area contributed by atoms with Gasteiger partial charge in [-0.3, -0.25) is 0 Å². The molecule has 0 amide bonds. The molecule has 1 heterocycles. The summed E-state index contributed by atoms with van der Waals surface area (Å²) in [6.45, 7) is 4.50. The molecule has 0 aromatic carbocycles. The normalized spacial score (nSPS) is 18.4. The lowest BCUT2D eigenvalue weighted by molar-refractivity contribution is 0.475. The molecule has 78 valence electrons. The topological polar surface area (TPSA) is 29.9 Å². The first-order valence-electron chi connectivity index (χ1n) is 5.55. The van der Waals surface area contributed by atoms with Crippen LogP contribution in [-0.2, 0) is 6.54 Å². The van der Waals surface area contributed by atoms with E-state index in [9.17, 15) is 0 Å². The molecule has 14 heavy (non-hydrogen) atoms. The third-order valence-electron chi connectivity index (χ3n) is 2.95. The lowest BCUT2D eigenvalue weighted by Gasteiger charge is -2.12. The third kappa shape index (κ3) is 2.84. The second kappa shape index (κ2) is 4.60. The van der Waals surface area contributed by atoms with Crippen molar-refractivity contribution in [2.24, 2.45) is 5.92 Å². The summed E-state index contributed by atoms with van der Waals surface area (Å²) in [5, 5.41) is 3.57. The van der Waals surface area contributed by atoms with Crippen LogP contribution in [0.3, 0.4) is 0 Å². The molecule has 1 atom stereocenters. The van der Waals surface area contributed by atoms with E-state index < -0.39 is 0 Å². The molecule has 0 bridgehead atoms. The van der Waals surface area contributed by atoms with Crippen molar-refractivity contribution in [3.63, 3.8) is 0 Å². The van der Waals surface area contributed by atoms with Crippen molar-refractivity contribution in [2.45, 2.75) is 38.8 Å². The minimum Gasteiger partial charge on any atom is -0.337 e. The molecule has 0 aliphatic heterocycles. The van der Waals surface area contributed by atoms with Gasteiger partial charge in [0.15, 0.2) is 0 Å². The zero-order chi connectivity index (χ0) is 9.80. The number of aromatic nitrogens is 2. The molecule has 0 saturated heterocycles. The summed E-state index contributed by atoms with van der Waals surface area (Å²) in [6.07, 6.45) is 9.77. The van der Waals surface area contributed by atoms with Crippen LogP contribution in [-0.4, -0.2) is 22.1 Å². The molecule has 0 radical (unpaired) electrons. The van der Waals surface area contributed by atoms with E-state index in [0.29, 0.717) is 0 Å². The largest absolute Gasteiger partial charge is 0.337 e. The van der Waals surface area contributed by atoms with Gasteiger partial charge < -0.3 is 9.88 Å². The number of aryl methyl sites for hydroxylation is 1. The van der Waals surface area contributed by atoms with Gasteiger partial charge in [0, 0.05) is 25.0 Å². The van der Waals surface area contributed by atoms with Crippen LogP contribution in [0.4, 0.5) is 0 Å². The summed E-state index contributed by atoms with van der Waals surface area (Å²) >= 11 is 0. The van der Waals surface area contributed by atoms with Crippen LogP contribution < -0.4 is 5.32 Å². The Balaban J connectivity index is 1.54. The van der Waals surface area contributed by atoms with Gasteiger partial charge in [-0.25, -0.2) is 4.98 Å². The van der Waals surface area contributed by atoms with E-state index in [1.165, 1.54) is 19.3 Å². The first kappa shape index (κ1) is 9.71. The minimum atomic E-state index is 0.720. The number of hydrogen-bond donors (Lipinski definition) is 1. The lowest BCUT2D eigenvalue weighted by Crippen LogP contribution is -2.29.